The molecule has 0 unspecified atom stereocenters. The second kappa shape index (κ2) is 13.9. The summed E-state index contributed by atoms with van der Waals surface area (Å²) >= 11 is 13.9. The van der Waals surface area contributed by atoms with Crippen molar-refractivity contribution in [2.24, 2.45) is 0 Å². The van der Waals surface area contributed by atoms with Crippen LogP contribution in [0.1, 0.15) is 22.3 Å². The summed E-state index contributed by atoms with van der Waals surface area (Å²) in [6.45, 7) is 4.51. The molecule has 0 radical (unpaired) electrons. The van der Waals surface area contributed by atoms with Gasteiger partial charge in [-0.25, -0.2) is 4.68 Å². The van der Waals surface area contributed by atoms with Gasteiger partial charge in [0.25, 0.3) is 11.8 Å². The highest BCUT2D eigenvalue weighted by molar-refractivity contribution is 7.13. The number of nitrogens with zero attached hydrogens (tertiary/aromatic N) is 3. The fourth-order valence-electron chi connectivity index (χ4n) is 4.41. The first kappa shape index (κ1) is 29.0. The molecule has 2 N–H and O–H groups in total. The van der Waals surface area contributed by atoms with Crippen LogP contribution in [0.25, 0.3) is 22.3 Å². The highest BCUT2D eigenvalue weighted by Gasteiger charge is 2.20. The average Bonchev–Trinajstić information content (AvgIpc) is 3.66. The maximum atomic E-state index is 13.5. The summed E-state index contributed by atoms with van der Waals surface area (Å²) in [5.74, 6) is -0.926. The molecule has 11 heteroatoms. The van der Waals surface area contributed by atoms with Gasteiger partial charge < -0.3 is 15.4 Å². The van der Waals surface area contributed by atoms with Crippen molar-refractivity contribution in [3.63, 3.8) is 0 Å². The van der Waals surface area contributed by atoms with E-state index in [1.54, 1.807) is 28.2 Å². The van der Waals surface area contributed by atoms with Crippen LogP contribution >= 0.6 is 34.5 Å². The van der Waals surface area contributed by atoms with Crippen molar-refractivity contribution < 1.29 is 14.3 Å². The van der Waals surface area contributed by atoms with Crippen LogP contribution in [0, 0.1) is 0 Å². The van der Waals surface area contributed by atoms with E-state index in [9.17, 15) is 9.59 Å². The molecule has 1 saturated heterocycles. The SMILES string of the molecule is O=C(NCCCN1CCOCC1)C(=Cc1cn(-c2ccccc2)nc1-c1cccs1)NC(=O)c1ccc(Cl)cc1Cl. The van der Waals surface area contributed by atoms with Crippen molar-refractivity contribution in [3.05, 3.63) is 99.1 Å². The third-order valence-electron chi connectivity index (χ3n) is 6.53. The Bertz CT molecular complexity index is 1520. The number of rotatable bonds is 10. The molecule has 2 aromatic carbocycles. The summed E-state index contributed by atoms with van der Waals surface area (Å²) in [4.78, 5) is 30.0. The highest BCUT2D eigenvalue weighted by atomic mass is 35.5. The van der Waals surface area contributed by atoms with Gasteiger partial charge in [-0.3, -0.25) is 14.5 Å². The Kier molecular flexibility index (Phi) is 9.87. The zero-order valence-corrected chi connectivity index (χ0v) is 24.5. The molecule has 0 aliphatic carbocycles. The Balaban J connectivity index is 1.43. The van der Waals surface area contributed by atoms with Crippen LogP contribution in [-0.2, 0) is 9.53 Å². The van der Waals surface area contributed by atoms with E-state index in [1.165, 1.54) is 12.1 Å². The third-order valence-corrected chi connectivity index (χ3v) is 7.95. The lowest BCUT2D eigenvalue weighted by Gasteiger charge is -2.26. The molecule has 1 aliphatic rings. The highest BCUT2D eigenvalue weighted by Crippen LogP contribution is 2.29. The number of para-hydroxylation sites is 1. The molecule has 5 rings (SSSR count). The number of nitrogens with one attached hydrogen (secondary N) is 2. The van der Waals surface area contributed by atoms with Crippen molar-refractivity contribution in [2.75, 3.05) is 39.4 Å². The van der Waals surface area contributed by atoms with E-state index in [1.807, 2.05) is 54.0 Å². The number of hydrogen-bond acceptors (Lipinski definition) is 6. The number of halogens is 2. The van der Waals surface area contributed by atoms with Crippen molar-refractivity contribution in [3.8, 4) is 16.3 Å². The standard InChI is InChI=1S/C30H29Cl2N5O3S/c31-22-9-10-24(25(32)19-22)29(38)34-26(30(39)33-11-5-12-36-13-15-40-16-14-36)18-21-20-37(23-6-2-1-3-7-23)35-28(21)27-8-4-17-41-27/h1-4,6-10,17-20H,5,11-16H2,(H,33,39)(H,34,38). The normalized spacial score (nSPS) is 14.1. The topological polar surface area (TPSA) is 88.5 Å². The minimum atomic E-state index is -0.519. The predicted octanol–water partition coefficient (Wildman–Crippen LogP) is 5.52. The Hall–Kier alpha value is -3.47. The first-order chi connectivity index (χ1) is 20.0. The van der Waals surface area contributed by atoms with Gasteiger partial charge in [0.05, 0.1) is 34.4 Å². The average molecular weight is 611 g/mol. The van der Waals surface area contributed by atoms with Crippen LogP contribution in [0.2, 0.25) is 10.0 Å². The van der Waals surface area contributed by atoms with E-state index < -0.39 is 11.8 Å². The van der Waals surface area contributed by atoms with E-state index in [4.69, 9.17) is 33.0 Å². The summed E-state index contributed by atoms with van der Waals surface area (Å²) < 4.78 is 7.17. The van der Waals surface area contributed by atoms with Crippen LogP contribution < -0.4 is 10.6 Å². The van der Waals surface area contributed by atoms with Crippen LogP contribution in [0.5, 0.6) is 0 Å². The molecule has 3 heterocycles. The van der Waals surface area contributed by atoms with Gasteiger partial charge in [0, 0.05) is 36.4 Å². The van der Waals surface area contributed by atoms with Gasteiger partial charge in [-0.2, -0.15) is 5.10 Å². The molecule has 1 aliphatic heterocycles. The quantitative estimate of drug-likeness (QED) is 0.183. The summed E-state index contributed by atoms with van der Waals surface area (Å²) in [6.07, 6.45) is 4.26. The Morgan fingerprint density at radius 2 is 1.85 bits per heavy atom. The molecular weight excluding hydrogens is 581 g/mol. The van der Waals surface area contributed by atoms with Crippen molar-refractivity contribution >= 4 is 52.4 Å². The van der Waals surface area contributed by atoms with E-state index in [0.29, 0.717) is 22.8 Å². The zero-order valence-electron chi connectivity index (χ0n) is 22.2. The van der Waals surface area contributed by atoms with E-state index >= 15 is 0 Å². The molecule has 2 aromatic heterocycles. The van der Waals surface area contributed by atoms with Gasteiger partial charge in [-0.1, -0.05) is 47.5 Å². The van der Waals surface area contributed by atoms with Crippen LogP contribution in [-0.4, -0.2) is 65.9 Å². The Morgan fingerprint density at radius 3 is 2.59 bits per heavy atom. The molecule has 4 aromatic rings. The largest absolute Gasteiger partial charge is 0.379 e. The number of aromatic nitrogens is 2. The minimum absolute atomic E-state index is 0.0813. The monoisotopic (exact) mass is 609 g/mol. The molecule has 0 atom stereocenters. The van der Waals surface area contributed by atoms with Gasteiger partial charge in [0.1, 0.15) is 11.4 Å². The second-order valence-corrected chi connectivity index (χ2v) is 11.2. The van der Waals surface area contributed by atoms with Crippen LogP contribution in [0.4, 0.5) is 0 Å². The van der Waals surface area contributed by atoms with Gasteiger partial charge in [-0.15, -0.1) is 11.3 Å². The van der Waals surface area contributed by atoms with Crippen molar-refractivity contribution in [1.82, 2.24) is 25.3 Å². The van der Waals surface area contributed by atoms with Gasteiger partial charge >= 0.3 is 0 Å². The predicted molar refractivity (Wildman–Crippen MR) is 164 cm³/mol. The molecule has 212 valence electrons. The molecule has 0 bridgehead atoms. The summed E-state index contributed by atoms with van der Waals surface area (Å²) in [7, 11) is 0. The smallest absolute Gasteiger partial charge is 0.267 e. The number of carbonyl (C=O) groups is 2. The maximum Gasteiger partial charge on any atom is 0.267 e. The fraction of sp³-hybridized carbons (Fsp3) is 0.233. The number of thiophene rings is 1. The van der Waals surface area contributed by atoms with E-state index in [0.717, 1.165) is 49.8 Å². The second-order valence-electron chi connectivity index (χ2n) is 9.39. The lowest BCUT2D eigenvalue weighted by atomic mass is 10.1. The van der Waals surface area contributed by atoms with Crippen molar-refractivity contribution in [2.45, 2.75) is 6.42 Å². The van der Waals surface area contributed by atoms with Crippen LogP contribution in [0.15, 0.2) is 77.9 Å². The summed E-state index contributed by atoms with van der Waals surface area (Å²) in [5, 5.41) is 13.1. The van der Waals surface area contributed by atoms with E-state index in [-0.39, 0.29) is 16.3 Å². The van der Waals surface area contributed by atoms with Gasteiger partial charge in [0.2, 0.25) is 0 Å². The molecule has 2 amide bonds. The number of carbonyl (C=O) groups excluding carboxylic acids is 2. The number of amides is 2. The lowest BCUT2D eigenvalue weighted by Crippen LogP contribution is -2.39. The van der Waals surface area contributed by atoms with Gasteiger partial charge in [-0.05, 0) is 60.8 Å². The van der Waals surface area contributed by atoms with Crippen molar-refractivity contribution in [1.29, 1.82) is 0 Å². The Labute approximate surface area is 252 Å². The summed E-state index contributed by atoms with van der Waals surface area (Å²) in [6, 6.07) is 18.2. The summed E-state index contributed by atoms with van der Waals surface area (Å²) in [5.41, 5.74) is 2.53. The number of ether oxygens (including phenoxy) is 1. The lowest BCUT2D eigenvalue weighted by molar-refractivity contribution is -0.117. The Morgan fingerprint density at radius 1 is 1.05 bits per heavy atom. The van der Waals surface area contributed by atoms with Gasteiger partial charge in [0.15, 0.2) is 0 Å². The molecule has 8 nitrogen and oxygen atoms in total. The maximum absolute atomic E-state index is 13.5. The fourth-order valence-corrected chi connectivity index (χ4v) is 5.64. The molecule has 1 fully saturated rings. The van der Waals surface area contributed by atoms with E-state index in [2.05, 4.69) is 15.5 Å². The number of benzene rings is 2. The first-order valence-corrected chi connectivity index (χ1v) is 14.9. The number of hydrogen-bond donors (Lipinski definition) is 2. The third kappa shape index (κ3) is 7.63. The molecule has 0 saturated carbocycles. The minimum Gasteiger partial charge on any atom is -0.379 e. The van der Waals surface area contributed by atoms with Crippen LogP contribution in [0.3, 0.4) is 0 Å². The molecule has 41 heavy (non-hydrogen) atoms. The zero-order chi connectivity index (χ0) is 28.6. The number of morpholine rings is 1. The molecule has 0 spiro atoms. The first-order valence-electron chi connectivity index (χ1n) is 13.2. The molecular formula is C30H29Cl2N5O3S.